The zero-order chi connectivity index (χ0) is 12.0. The van der Waals surface area contributed by atoms with Gasteiger partial charge in [0.05, 0.1) is 12.7 Å². The summed E-state index contributed by atoms with van der Waals surface area (Å²) in [6.07, 6.45) is 0.256. The maximum atomic E-state index is 13.0. The van der Waals surface area contributed by atoms with E-state index in [1.807, 2.05) is 26.8 Å². The van der Waals surface area contributed by atoms with Crippen LogP contribution in [0, 0.1) is 5.82 Å². The maximum absolute atomic E-state index is 13.0. The number of hydrogen-bond donors (Lipinski definition) is 1. The number of nitrogens with one attached hydrogen (secondary N) is 1. The van der Waals surface area contributed by atoms with Crippen molar-refractivity contribution in [3.63, 3.8) is 0 Å². The smallest absolute Gasteiger partial charge is 0.123 e. The highest BCUT2D eigenvalue weighted by molar-refractivity contribution is 5.19. The zero-order valence-corrected chi connectivity index (χ0v) is 10.2. The monoisotopic (exact) mass is 225 g/mol. The minimum Gasteiger partial charge on any atom is -0.377 e. The van der Waals surface area contributed by atoms with E-state index in [0.717, 1.165) is 12.1 Å². The second kappa shape index (κ2) is 6.61. The Morgan fingerprint density at radius 2 is 2.06 bits per heavy atom. The van der Waals surface area contributed by atoms with Crippen LogP contribution in [0.25, 0.3) is 0 Å². The van der Waals surface area contributed by atoms with Crippen LogP contribution in [0.2, 0.25) is 0 Å². The summed E-state index contributed by atoms with van der Waals surface area (Å²) in [5, 5.41) is 3.29. The molecule has 16 heavy (non-hydrogen) atoms. The Balaban J connectivity index is 2.32. The fourth-order valence-corrected chi connectivity index (χ4v) is 1.46. The topological polar surface area (TPSA) is 21.3 Å². The van der Waals surface area contributed by atoms with Crippen molar-refractivity contribution in [2.45, 2.75) is 32.9 Å². The SMILES string of the molecule is CC(C)OCCN[C@@H](C)c1cccc(F)c1. The van der Waals surface area contributed by atoms with Crippen molar-refractivity contribution in [2.24, 2.45) is 0 Å². The van der Waals surface area contributed by atoms with Crippen LogP contribution >= 0.6 is 0 Å². The summed E-state index contributed by atoms with van der Waals surface area (Å²) in [6, 6.07) is 6.81. The van der Waals surface area contributed by atoms with Gasteiger partial charge < -0.3 is 10.1 Å². The fourth-order valence-electron chi connectivity index (χ4n) is 1.46. The highest BCUT2D eigenvalue weighted by atomic mass is 19.1. The molecule has 0 fully saturated rings. The molecule has 0 unspecified atom stereocenters. The van der Waals surface area contributed by atoms with Crippen molar-refractivity contribution in [3.05, 3.63) is 35.6 Å². The van der Waals surface area contributed by atoms with Crippen molar-refractivity contribution in [1.82, 2.24) is 5.32 Å². The molecule has 3 heteroatoms. The lowest BCUT2D eigenvalue weighted by molar-refractivity contribution is 0.0796. The average molecular weight is 225 g/mol. The average Bonchev–Trinajstić information content (AvgIpc) is 2.24. The Labute approximate surface area is 96.8 Å². The molecule has 1 rings (SSSR count). The van der Waals surface area contributed by atoms with Crippen molar-refractivity contribution in [3.8, 4) is 0 Å². The molecule has 0 aliphatic rings. The van der Waals surface area contributed by atoms with Gasteiger partial charge in [-0.15, -0.1) is 0 Å². The van der Waals surface area contributed by atoms with Gasteiger partial charge in [-0.2, -0.15) is 0 Å². The van der Waals surface area contributed by atoms with Crippen LogP contribution in [0.5, 0.6) is 0 Å². The third-order valence-corrected chi connectivity index (χ3v) is 2.35. The molecule has 0 saturated heterocycles. The summed E-state index contributed by atoms with van der Waals surface area (Å²) in [5.41, 5.74) is 0.963. The van der Waals surface area contributed by atoms with E-state index in [1.165, 1.54) is 6.07 Å². The number of ether oxygens (including phenoxy) is 1. The zero-order valence-electron chi connectivity index (χ0n) is 10.2. The molecule has 1 atom stereocenters. The van der Waals surface area contributed by atoms with Crippen molar-refractivity contribution >= 4 is 0 Å². The van der Waals surface area contributed by atoms with E-state index >= 15 is 0 Å². The first kappa shape index (κ1) is 13.1. The van der Waals surface area contributed by atoms with Crippen LogP contribution in [0.4, 0.5) is 4.39 Å². The van der Waals surface area contributed by atoms with E-state index in [0.29, 0.717) is 6.61 Å². The van der Waals surface area contributed by atoms with Crippen LogP contribution in [0.15, 0.2) is 24.3 Å². The standard InChI is InChI=1S/C13H20FNO/c1-10(2)16-8-7-15-11(3)12-5-4-6-13(14)9-12/h4-6,9-11,15H,7-8H2,1-3H3/t11-/m0/s1. The molecule has 0 bridgehead atoms. The fraction of sp³-hybridized carbons (Fsp3) is 0.538. The van der Waals surface area contributed by atoms with Gasteiger partial charge in [-0.1, -0.05) is 12.1 Å². The van der Waals surface area contributed by atoms with Gasteiger partial charge in [0.2, 0.25) is 0 Å². The summed E-state index contributed by atoms with van der Waals surface area (Å²) >= 11 is 0. The Hall–Kier alpha value is -0.930. The number of rotatable bonds is 6. The van der Waals surface area contributed by atoms with E-state index in [2.05, 4.69) is 5.32 Å². The Morgan fingerprint density at radius 1 is 1.31 bits per heavy atom. The molecule has 0 aliphatic heterocycles. The molecule has 0 aliphatic carbocycles. The van der Waals surface area contributed by atoms with Crippen LogP contribution in [-0.2, 0) is 4.74 Å². The quantitative estimate of drug-likeness (QED) is 0.752. The second-order valence-electron chi connectivity index (χ2n) is 4.15. The van der Waals surface area contributed by atoms with Crippen LogP contribution < -0.4 is 5.32 Å². The van der Waals surface area contributed by atoms with Gasteiger partial charge in [0.1, 0.15) is 5.82 Å². The molecule has 2 nitrogen and oxygen atoms in total. The first-order valence-electron chi connectivity index (χ1n) is 5.70. The summed E-state index contributed by atoms with van der Waals surface area (Å²) in [7, 11) is 0. The first-order chi connectivity index (χ1) is 7.59. The molecule has 0 spiro atoms. The normalized spacial score (nSPS) is 13.1. The van der Waals surface area contributed by atoms with E-state index in [4.69, 9.17) is 4.74 Å². The second-order valence-corrected chi connectivity index (χ2v) is 4.15. The molecule has 0 aromatic heterocycles. The first-order valence-corrected chi connectivity index (χ1v) is 5.70. The molecule has 1 N–H and O–H groups in total. The number of hydrogen-bond acceptors (Lipinski definition) is 2. The third-order valence-electron chi connectivity index (χ3n) is 2.35. The molecule has 1 aromatic rings. The van der Waals surface area contributed by atoms with Crippen molar-refractivity contribution < 1.29 is 9.13 Å². The highest BCUT2D eigenvalue weighted by Crippen LogP contribution is 2.12. The molecule has 0 radical (unpaired) electrons. The number of benzene rings is 1. The van der Waals surface area contributed by atoms with Crippen LogP contribution in [0.1, 0.15) is 32.4 Å². The van der Waals surface area contributed by atoms with E-state index in [9.17, 15) is 4.39 Å². The minimum atomic E-state index is -0.190. The Morgan fingerprint density at radius 3 is 2.69 bits per heavy atom. The molecule has 0 saturated carbocycles. The van der Waals surface area contributed by atoms with Crippen molar-refractivity contribution in [1.29, 1.82) is 0 Å². The Bertz CT molecular complexity index is 315. The van der Waals surface area contributed by atoms with E-state index < -0.39 is 0 Å². The molecule has 1 aromatic carbocycles. The molecule has 90 valence electrons. The molecular weight excluding hydrogens is 205 g/mol. The summed E-state index contributed by atoms with van der Waals surface area (Å²) < 4.78 is 18.4. The van der Waals surface area contributed by atoms with Gasteiger partial charge in [0, 0.05) is 12.6 Å². The predicted octanol–water partition coefficient (Wildman–Crippen LogP) is 2.90. The molecule has 0 heterocycles. The summed E-state index contributed by atoms with van der Waals surface area (Å²) in [4.78, 5) is 0. The maximum Gasteiger partial charge on any atom is 0.123 e. The molecular formula is C13H20FNO. The summed E-state index contributed by atoms with van der Waals surface area (Å²) in [5.74, 6) is -0.190. The predicted molar refractivity (Wildman–Crippen MR) is 63.9 cm³/mol. The van der Waals surface area contributed by atoms with Crippen LogP contribution in [-0.4, -0.2) is 19.3 Å². The minimum absolute atomic E-state index is 0.145. The van der Waals surface area contributed by atoms with E-state index in [-0.39, 0.29) is 18.0 Å². The van der Waals surface area contributed by atoms with Gasteiger partial charge in [-0.25, -0.2) is 4.39 Å². The van der Waals surface area contributed by atoms with Crippen molar-refractivity contribution in [2.75, 3.05) is 13.2 Å². The van der Waals surface area contributed by atoms with Gasteiger partial charge in [-0.3, -0.25) is 0 Å². The highest BCUT2D eigenvalue weighted by Gasteiger charge is 2.05. The van der Waals surface area contributed by atoms with Gasteiger partial charge in [0.15, 0.2) is 0 Å². The van der Waals surface area contributed by atoms with Gasteiger partial charge >= 0.3 is 0 Å². The largest absolute Gasteiger partial charge is 0.377 e. The lowest BCUT2D eigenvalue weighted by Gasteiger charge is -2.15. The lowest BCUT2D eigenvalue weighted by Crippen LogP contribution is -2.24. The third kappa shape index (κ3) is 4.73. The van der Waals surface area contributed by atoms with E-state index in [1.54, 1.807) is 12.1 Å². The summed E-state index contributed by atoms with van der Waals surface area (Å²) in [6.45, 7) is 7.49. The lowest BCUT2D eigenvalue weighted by atomic mass is 10.1. The van der Waals surface area contributed by atoms with Crippen LogP contribution in [0.3, 0.4) is 0 Å². The number of halogens is 1. The Kier molecular flexibility index (Phi) is 5.43. The molecule has 0 amide bonds. The van der Waals surface area contributed by atoms with Gasteiger partial charge in [-0.05, 0) is 38.5 Å². The van der Waals surface area contributed by atoms with Gasteiger partial charge in [0.25, 0.3) is 0 Å².